The summed E-state index contributed by atoms with van der Waals surface area (Å²) >= 11 is 1.57. The minimum absolute atomic E-state index is 0.535. The third-order valence-electron chi connectivity index (χ3n) is 3.51. The Bertz CT molecular complexity index is 778. The maximum atomic E-state index is 5.42. The van der Waals surface area contributed by atoms with Gasteiger partial charge >= 0.3 is 0 Å². The van der Waals surface area contributed by atoms with Crippen LogP contribution < -0.4 is 0 Å². The summed E-state index contributed by atoms with van der Waals surface area (Å²) in [5.41, 5.74) is 1.10. The van der Waals surface area contributed by atoms with Crippen LogP contribution in [0.15, 0.2) is 39.9 Å². The van der Waals surface area contributed by atoms with Crippen LogP contribution in [0.4, 0.5) is 0 Å². The molecule has 4 rings (SSSR count). The van der Waals surface area contributed by atoms with Crippen LogP contribution in [-0.2, 0) is 5.75 Å². The second-order valence-corrected chi connectivity index (χ2v) is 6.23. The number of para-hydroxylation sites is 1. The van der Waals surface area contributed by atoms with E-state index in [1.165, 1.54) is 12.8 Å². The van der Waals surface area contributed by atoms with Crippen LogP contribution in [-0.4, -0.2) is 25.0 Å². The Labute approximate surface area is 132 Å². The third kappa shape index (κ3) is 2.64. The van der Waals surface area contributed by atoms with E-state index in [1.54, 1.807) is 18.7 Å². The van der Waals surface area contributed by atoms with Gasteiger partial charge in [0.25, 0.3) is 0 Å². The Morgan fingerprint density at radius 2 is 1.95 bits per heavy atom. The summed E-state index contributed by atoms with van der Waals surface area (Å²) in [4.78, 5) is 0. The average Bonchev–Trinajstić information content (AvgIpc) is 3.17. The van der Waals surface area contributed by atoms with Gasteiger partial charge in [0.05, 0.1) is 5.75 Å². The lowest BCUT2D eigenvalue weighted by Gasteiger charge is -2.08. The number of hydrogen-bond donors (Lipinski definition) is 0. The summed E-state index contributed by atoms with van der Waals surface area (Å²) in [6.07, 6.45) is 2.39. The van der Waals surface area contributed by atoms with Gasteiger partial charge in [0.1, 0.15) is 5.82 Å². The molecule has 6 nitrogen and oxygen atoms in total. The lowest BCUT2D eigenvalue weighted by atomic mass is 10.3. The highest BCUT2D eigenvalue weighted by Gasteiger charge is 2.31. The lowest BCUT2D eigenvalue weighted by Crippen LogP contribution is -2.01. The number of thioether (sulfide) groups is 1. The van der Waals surface area contributed by atoms with Gasteiger partial charge < -0.3 is 4.42 Å². The monoisotopic (exact) mass is 313 g/mol. The van der Waals surface area contributed by atoms with Crippen molar-refractivity contribution in [2.75, 3.05) is 0 Å². The van der Waals surface area contributed by atoms with Crippen LogP contribution in [0, 0.1) is 6.92 Å². The van der Waals surface area contributed by atoms with Gasteiger partial charge in [-0.2, -0.15) is 0 Å². The quantitative estimate of drug-likeness (QED) is 0.674. The Kier molecular flexibility index (Phi) is 3.42. The van der Waals surface area contributed by atoms with Crippen LogP contribution in [0.5, 0.6) is 0 Å². The van der Waals surface area contributed by atoms with Crippen molar-refractivity contribution in [1.29, 1.82) is 0 Å². The molecule has 1 aliphatic rings. The molecular weight excluding hydrogens is 298 g/mol. The Hall–Kier alpha value is -2.15. The molecule has 1 aromatic carbocycles. The van der Waals surface area contributed by atoms with E-state index >= 15 is 0 Å². The number of nitrogens with zero attached hydrogens (tertiary/aromatic N) is 5. The summed E-state index contributed by atoms with van der Waals surface area (Å²) < 4.78 is 7.56. The predicted octanol–water partition coefficient (Wildman–Crippen LogP) is 3.13. The molecule has 0 atom stereocenters. The van der Waals surface area contributed by atoms with Crippen LogP contribution in [0.2, 0.25) is 0 Å². The molecule has 3 aromatic rings. The van der Waals surface area contributed by atoms with E-state index in [9.17, 15) is 0 Å². The first-order chi connectivity index (χ1) is 10.8. The first kappa shape index (κ1) is 13.5. The van der Waals surface area contributed by atoms with Crippen molar-refractivity contribution in [2.24, 2.45) is 0 Å². The van der Waals surface area contributed by atoms with E-state index in [2.05, 4.69) is 37.1 Å². The van der Waals surface area contributed by atoms with Crippen molar-refractivity contribution in [3.8, 4) is 5.69 Å². The molecule has 2 heterocycles. The van der Waals surface area contributed by atoms with Crippen molar-refractivity contribution < 1.29 is 4.42 Å². The molecule has 0 aliphatic heterocycles. The molecule has 0 radical (unpaired) electrons. The van der Waals surface area contributed by atoms with Crippen molar-refractivity contribution in [3.63, 3.8) is 0 Å². The molecule has 7 heteroatoms. The minimum atomic E-state index is 0.535. The zero-order chi connectivity index (χ0) is 14.9. The maximum absolute atomic E-state index is 5.42. The van der Waals surface area contributed by atoms with Gasteiger partial charge in [0.2, 0.25) is 11.8 Å². The molecule has 112 valence electrons. The Balaban J connectivity index is 1.64. The zero-order valence-corrected chi connectivity index (χ0v) is 13.0. The van der Waals surface area contributed by atoms with Gasteiger partial charge in [-0.25, -0.2) is 0 Å². The summed E-state index contributed by atoms with van der Waals surface area (Å²) in [5.74, 6) is 3.37. The molecule has 22 heavy (non-hydrogen) atoms. The van der Waals surface area contributed by atoms with Gasteiger partial charge in [-0.05, 0) is 25.0 Å². The first-order valence-corrected chi connectivity index (χ1v) is 8.22. The highest BCUT2D eigenvalue weighted by molar-refractivity contribution is 7.98. The van der Waals surface area contributed by atoms with Crippen LogP contribution in [0.3, 0.4) is 0 Å². The van der Waals surface area contributed by atoms with Gasteiger partial charge in [0, 0.05) is 18.5 Å². The fourth-order valence-corrected chi connectivity index (χ4v) is 3.12. The largest absolute Gasteiger partial charge is 0.425 e. The highest BCUT2D eigenvalue weighted by atomic mass is 32.2. The molecule has 1 aliphatic carbocycles. The molecule has 0 unspecified atom stereocenters. The number of aryl methyl sites for hydroxylation is 1. The number of aromatic nitrogens is 5. The molecule has 0 amide bonds. The van der Waals surface area contributed by atoms with Gasteiger partial charge in [-0.1, -0.05) is 30.0 Å². The molecule has 2 aromatic heterocycles. The van der Waals surface area contributed by atoms with E-state index in [-0.39, 0.29) is 0 Å². The van der Waals surface area contributed by atoms with Crippen molar-refractivity contribution in [2.45, 2.75) is 36.6 Å². The molecule has 0 spiro atoms. The van der Waals surface area contributed by atoms with Gasteiger partial charge in [0.15, 0.2) is 5.16 Å². The van der Waals surface area contributed by atoms with E-state index in [4.69, 9.17) is 4.42 Å². The second-order valence-electron chi connectivity index (χ2n) is 5.29. The topological polar surface area (TPSA) is 69.6 Å². The third-order valence-corrected chi connectivity index (χ3v) is 4.42. The molecule has 1 saturated carbocycles. The Morgan fingerprint density at radius 3 is 2.64 bits per heavy atom. The SMILES string of the molecule is Cc1nnc(CSc2nnc(C3CC3)n2-c2ccccc2)o1. The number of rotatable bonds is 5. The zero-order valence-electron chi connectivity index (χ0n) is 12.1. The fourth-order valence-electron chi connectivity index (χ4n) is 2.32. The van der Waals surface area contributed by atoms with Crippen LogP contribution in [0.1, 0.15) is 36.4 Å². The Morgan fingerprint density at radius 1 is 1.14 bits per heavy atom. The van der Waals surface area contributed by atoms with E-state index in [0.29, 0.717) is 23.5 Å². The van der Waals surface area contributed by atoms with Gasteiger partial charge in [-0.3, -0.25) is 4.57 Å². The average molecular weight is 313 g/mol. The number of hydrogen-bond acceptors (Lipinski definition) is 6. The minimum Gasteiger partial charge on any atom is -0.425 e. The van der Waals surface area contributed by atoms with Crippen molar-refractivity contribution >= 4 is 11.8 Å². The number of benzene rings is 1. The predicted molar refractivity (Wildman–Crippen MR) is 81.9 cm³/mol. The summed E-state index contributed by atoms with van der Waals surface area (Å²) in [5, 5.41) is 17.5. The van der Waals surface area contributed by atoms with Crippen molar-refractivity contribution in [3.05, 3.63) is 47.9 Å². The van der Waals surface area contributed by atoms with Gasteiger partial charge in [-0.15, -0.1) is 20.4 Å². The van der Waals surface area contributed by atoms with Crippen molar-refractivity contribution in [1.82, 2.24) is 25.0 Å². The summed E-state index contributed by atoms with van der Waals surface area (Å²) in [6, 6.07) is 10.2. The van der Waals surface area contributed by atoms with Crippen LogP contribution >= 0.6 is 11.8 Å². The van der Waals surface area contributed by atoms with E-state index in [0.717, 1.165) is 16.7 Å². The second kappa shape index (κ2) is 5.57. The molecule has 0 saturated heterocycles. The molecule has 0 N–H and O–H groups in total. The lowest BCUT2D eigenvalue weighted by molar-refractivity contribution is 0.485. The molecular formula is C15H15N5OS. The summed E-state index contributed by atoms with van der Waals surface area (Å²) in [7, 11) is 0. The smallest absolute Gasteiger partial charge is 0.226 e. The highest BCUT2D eigenvalue weighted by Crippen LogP contribution is 2.41. The van der Waals surface area contributed by atoms with E-state index < -0.39 is 0 Å². The van der Waals surface area contributed by atoms with E-state index in [1.807, 2.05) is 18.2 Å². The maximum Gasteiger partial charge on any atom is 0.226 e. The normalized spacial score (nSPS) is 14.4. The fraction of sp³-hybridized carbons (Fsp3) is 0.333. The summed E-state index contributed by atoms with van der Waals surface area (Å²) in [6.45, 7) is 1.79. The molecule has 0 bridgehead atoms. The first-order valence-electron chi connectivity index (χ1n) is 7.24. The van der Waals surface area contributed by atoms with Crippen LogP contribution in [0.25, 0.3) is 5.69 Å². The molecule has 1 fully saturated rings. The standard InChI is InChI=1S/C15H15N5OS/c1-10-16-17-13(21-10)9-22-15-19-18-14(11-7-8-11)20(15)12-5-3-2-4-6-12/h2-6,11H,7-9H2,1H3.